The summed E-state index contributed by atoms with van der Waals surface area (Å²) < 4.78 is 37.5. The summed E-state index contributed by atoms with van der Waals surface area (Å²) >= 11 is 5.63. The molecule has 1 aliphatic rings. The van der Waals surface area contributed by atoms with Crippen molar-refractivity contribution in [3.05, 3.63) is 34.3 Å². The van der Waals surface area contributed by atoms with Crippen molar-refractivity contribution in [3.63, 3.8) is 0 Å². The van der Waals surface area contributed by atoms with Crippen LogP contribution in [0.4, 0.5) is 13.2 Å². The lowest BCUT2D eigenvalue weighted by Crippen LogP contribution is -2.12. The molecule has 102 valence electrons. The minimum Gasteiger partial charge on any atom is -0.324 e. The molecule has 0 saturated heterocycles. The molecule has 6 heteroatoms. The van der Waals surface area contributed by atoms with Gasteiger partial charge in [0, 0.05) is 6.04 Å². The molecule has 0 unspecified atom stereocenters. The van der Waals surface area contributed by atoms with Gasteiger partial charge in [-0.15, -0.1) is 12.4 Å². The van der Waals surface area contributed by atoms with Gasteiger partial charge in [0.15, 0.2) is 0 Å². The maximum Gasteiger partial charge on any atom is 0.417 e. The molecule has 0 spiro atoms. The zero-order valence-electron chi connectivity index (χ0n) is 9.51. The molecule has 1 nitrogen and oxygen atoms in total. The van der Waals surface area contributed by atoms with Crippen molar-refractivity contribution in [2.24, 2.45) is 11.7 Å². The van der Waals surface area contributed by atoms with Crippen LogP contribution >= 0.6 is 24.0 Å². The van der Waals surface area contributed by atoms with Gasteiger partial charge in [-0.25, -0.2) is 0 Å². The number of hydrogen-bond donors (Lipinski definition) is 1. The van der Waals surface area contributed by atoms with E-state index in [9.17, 15) is 13.2 Å². The van der Waals surface area contributed by atoms with Crippen molar-refractivity contribution in [1.29, 1.82) is 0 Å². The van der Waals surface area contributed by atoms with E-state index in [4.69, 9.17) is 17.3 Å². The average molecular weight is 300 g/mol. The first-order valence-corrected chi connectivity index (χ1v) is 5.88. The van der Waals surface area contributed by atoms with Crippen molar-refractivity contribution in [1.82, 2.24) is 0 Å². The molecule has 1 atom stereocenters. The Labute approximate surface area is 115 Å². The van der Waals surface area contributed by atoms with E-state index in [1.807, 2.05) is 0 Å². The van der Waals surface area contributed by atoms with E-state index in [-0.39, 0.29) is 23.5 Å². The van der Waals surface area contributed by atoms with E-state index in [0.29, 0.717) is 11.5 Å². The minimum absolute atomic E-state index is 0. The summed E-state index contributed by atoms with van der Waals surface area (Å²) in [5, 5.41) is -0.277. The second kappa shape index (κ2) is 5.68. The van der Waals surface area contributed by atoms with Gasteiger partial charge in [0.2, 0.25) is 0 Å². The van der Waals surface area contributed by atoms with Gasteiger partial charge in [-0.1, -0.05) is 30.5 Å². The Morgan fingerprint density at radius 2 is 1.94 bits per heavy atom. The van der Waals surface area contributed by atoms with E-state index in [2.05, 4.69) is 0 Å². The highest BCUT2D eigenvalue weighted by atomic mass is 35.5. The van der Waals surface area contributed by atoms with E-state index < -0.39 is 11.7 Å². The highest BCUT2D eigenvalue weighted by Gasteiger charge is 2.33. The summed E-state index contributed by atoms with van der Waals surface area (Å²) in [6.07, 6.45) is -1.25. The molecule has 1 aliphatic carbocycles. The highest BCUT2D eigenvalue weighted by molar-refractivity contribution is 6.31. The lowest BCUT2D eigenvalue weighted by atomic mass is 10.0. The molecule has 1 fully saturated rings. The molecule has 0 bridgehead atoms. The number of hydrogen-bond acceptors (Lipinski definition) is 1. The van der Waals surface area contributed by atoms with Gasteiger partial charge >= 0.3 is 6.18 Å². The molecule has 1 aromatic carbocycles. The maximum atomic E-state index is 12.5. The zero-order valence-corrected chi connectivity index (χ0v) is 11.1. The third kappa shape index (κ3) is 3.77. The SMILES string of the molecule is Cl.N[C@@H](CC1CC1)c1ccc(C(F)(F)F)c(Cl)c1. The first-order chi connectivity index (χ1) is 7.88. The molecule has 1 saturated carbocycles. The Morgan fingerprint density at radius 1 is 1.33 bits per heavy atom. The Bertz CT molecular complexity index is 416. The van der Waals surface area contributed by atoms with Gasteiger partial charge in [0.1, 0.15) is 0 Å². The lowest BCUT2D eigenvalue weighted by Gasteiger charge is -2.14. The van der Waals surface area contributed by atoms with Crippen LogP contribution in [-0.4, -0.2) is 0 Å². The number of benzene rings is 1. The fourth-order valence-electron chi connectivity index (χ4n) is 1.84. The van der Waals surface area contributed by atoms with Crippen LogP contribution in [0.1, 0.15) is 36.4 Å². The van der Waals surface area contributed by atoms with Crippen molar-refractivity contribution in [3.8, 4) is 0 Å². The monoisotopic (exact) mass is 299 g/mol. The van der Waals surface area contributed by atoms with Gasteiger partial charge in [0.05, 0.1) is 10.6 Å². The maximum absolute atomic E-state index is 12.5. The summed E-state index contributed by atoms with van der Waals surface area (Å²) in [6.45, 7) is 0. The summed E-state index contributed by atoms with van der Waals surface area (Å²) in [7, 11) is 0. The third-order valence-electron chi connectivity index (χ3n) is 3.01. The van der Waals surface area contributed by atoms with Crippen molar-refractivity contribution in [2.45, 2.75) is 31.5 Å². The van der Waals surface area contributed by atoms with Crippen LogP contribution in [-0.2, 0) is 6.18 Å². The number of halogens is 5. The van der Waals surface area contributed by atoms with Crippen LogP contribution < -0.4 is 5.73 Å². The van der Waals surface area contributed by atoms with E-state index in [1.165, 1.54) is 25.0 Å². The minimum atomic E-state index is -4.41. The number of alkyl halides is 3. The first kappa shape index (κ1) is 15.6. The Kier molecular flexibility index (Phi) is 4.92. The normalized spacial score (nSPS) is 17.2. The van der Waals surface area contributed by atoms with Gasteiger partial charge < -0.3 is 5.73 Å². The molecule has 2 rings (SSSR count). The standard InChI is InChI=1S/C12H13ClF3N.ClH/c13-10-6-8(11(17)5-7-1-2-7)3-4-9(10)12(14,15)16;/h3-4,6-7,11H,1-2,5,17H2;1H/t11-;/m0./s1. The van der Waals surface area contributed by atoms with Crippen LogP contribution in [0.15, 0.2) is 18.2 Å². The van der Waals surface area contributed by atoms with Gasteiger partial charge in [-0.05, 0) is 30.0 Å². The first-order valence-electron chi connectivity index (χ1n) is 5.50. The molecule has 18 heavy (non-hydrogen) atoms. The fraction of sp³-hybridized carbons (Fsp3) is 0.500. The molecule has 0 aromatic heterocycles. The Balaban J connectivity index is 0.00000162. The molecule has 0 amide bonds. The largest absolute Gasteiger partial charge is 0.417 e. The number of rotatable bonds is 3. The summed E-state index contributed by atoms with van der Waals surface area (Å²) in [5.74, 6) is 0.631. The van der Waals surface area contributed by atoms with Crippen LogP contribution in [0.5, 0.6) is 0 Å². The molecule has 0 radical (unpaired) electrons. The summed E-state index contributed by atoms with van der Waals surface area (Å²) in [5.41, 5.74) is 5.80. The Morgan fingerprint density at radius 3 is 2.39 bits per heavy atom. The van der Waals surface area contributed by atoms with Crippen molar-refractivity contribution in [2.75, 3.05) is 0 Å². The van der Waals surface area contributed by atoms with E-state index in [1.54, 1.807) is 0 Å². The summed E-state index contributed by atoms with van der Waals surface area (Å²) in [6, 6.07) is 3.53. The van der Waals surface area contributed by atoms with Crippen LogP contribution in [0.3, 0.4) is 0 Å². The average Bonchev–Trinajstić information content (AvgIpc) is 2.99. The predicted molar refractivity (Wildman–Crippen MR) is 68.0 cm³/mol. The lowest BCUT2D eigenvalue weighted by molar-refractivity contribution is -0.137. The topological polar surface area (TPSA) is 26.0 Å². The van der Waals surface area contributed by atoms with Crippen molar-refractivity contribution < 1.29 is 13.2 Å². The zero-order chi connectivity index (χ0) is 12.6. The second-order valence-electron chi connectivity index (χ2n) is 4.52. The molecular formula is C12H14Cl2F3N. The molecule has 1 aromatic rings. The highest BCUT2D eigenvalue weighted by Crippen LogP contribution is 2.39. The fourth-order valence-corrected chi connectivity index (χ4v) is 2.14. The van der Waals surface area contributed by atoms with Gasteiger partial charge in [-0.3, -0.25) is 0 Å². The quantitative estimate of drug-likeness (QED) is 0.868. The van der Waals surface area contributed by atoms with Crippen molar-refractivity contribution >= 4 is 24.0 Å². The third-order valence-corrected chi connectivity index (χ3v) is 3.32. The Hall–Kier alpha value is -0.450. The number of nitrogens with two attached hydrogens (primary N) is 1. The van der Waals surface area contributed by atoms with Gasteiger partial charge in [0.25, 0.3) is 0 Å². The van der Waals surface area contributed by atoms with Gasteiger partial charge in [-0.2, -0.15) is 13.2 Å². The molecule has 0 aliphatic heterocycles. The second-order valence-corrected chi connectivity index (χ2v) is 4.93. The predicted octanol–water partition coefficient (Wildman–Crippen LogP) is 4.58. The van der Waals surface area contributed by atoms with Crippen LogP contribution in [0.25, 0.3) is 0 Å². The molecule has 2 N–H and O–H groups in total. The van der Waals surface area contributed by atoms with E-state index in [0.717, 1.165) is 12.5 Å². The molecule has 0 heterocycles. The summed E-state index contributed by atoms with van der Waals surface area (Å²) in [4.78, 5) is 0. The van der Waals surface area contributed by atoms with E-state index >= 15 is 0 Å². The smallest absolute Gasteiger partial charge is 0.324 e. The van der Waals surface area contributed by atoms with Crippen LogP contribution in [0.2, 0.25) is 5.02 Å². The molecular weight excluding hydrogens is 286 g/mol. The van der Waals surface area contributed by atoms with Crippen LogP contribution in [0, 0.1) is 5.92 Å².